The first-order chi connectivity index (χ1) is 11.8. The Morgan fingerprint density at radius 1 is 1.24 bits per heavy atom. The Morgan fingerprint density at radius 2 is 1.96 bits per heavy atom. The van der Waals surface area contributed by atoms with Crippen LogP contribution in [0.25, 0.3) is 0 Å². The summed E-state index contributed by atoms with van der Waals surface area (Å²) >= 11 is 0. The highest BCUT2D eigenvalue weighted by molar-refractivity contribution is 7.94. The van der Waals surface area contributed by atoms with Gasteiger partial charge in [0.25, 0.3) is 0 Å². The van der Waals surface area contributed by atoms with E-state index in [0.29, 0.717) is 38.4 Å². The Morgan fingerprint density at radius 3 is 2.60 bits per heavy atom. The third-order valence-corrected chi connectivity index (χ3v) is 7.85. The summed E-state index contributed by atoms with van der Waals surface area (Å²) in [4.78, 5) is 12.6. The molecular formula is C16H24N2O6S. The lowest BCUT2D eigenvalue weighted by molar-refractivity contribution is -0.118. The van der Waals surface area contributed by atoms with Gasteiger partial charge in [-0.3, -0.25) is 10.1 Å². The monoisotopic (exact) mass is 372 g/mol. The predicted octanol–water partition coefficient (Wildman–Crippen LogP) is 1.84. The van der Waals surface area contributed by atoms with Crippen LogP contribution in [0.4, 0.5) is 5.88 Å². The molecule has 2 aliphatic heterocycles. The van der Waals surface area contributed by atoms with Gasteiger partial charge < -0.3 is 14.0 Å². The molecule has 0 unspecified atom stereocenters. The van der Waals surface area contributed by atoms with Crippen LogP contribution in [0.3, 0.4) is 0 Å². The Bertz CT molecular complexity index is 715. The summed E-state index contributed by atoms with van der Waals surface area (Å²) in [5.74, 6) is -0.500. The molecule has 140 valence electrons. The second-order valence-electron chi connectivity index (χ2n) is 6.94. The summed E-state index contributed by atoms with van der Waals surface area (Å²) in [5.41, 5.74) is 0.609. The fraction of sp³-hybridized carbons (Fsp3) is 0.750. The van der Waals surface area contributed by atoms with E-state index in [1.54, 1.807) is 6.07 Å². The van der Waals surface area contributed by atoms with E-state index in [2.05, 4.69) is 10.5 Å². The van der Waals surface area contributed by atoms with Gasteiger partial charge in [-0.25, -0.2) is 8.42 Å². The van der Waals surface area contributed by atoms with Crippen LogP contribution in [0.1, 0.15) is 51.3 Å². The molecule has 0 radical (unpaired) electrons. The number of carbonyl (C=O) groups excluding carboxylic acids is 1. The Kier molecular flexibility index (Phi) is 5.17. The standard InChI is InChI=1S/C16H24N2O6S/c1-16(2,25(20,21)11-5-8-22-9-6-11)15(19)17-14-10-12(18-24-14)13-4-3-7-23-13/h10-11,13H,3-9H2,1-2H3,(H,17,19)/t13-/m0/s1. The summed E-state index contributed by atoms with van der Waals surface area (Å²) in [7, 11) is -3.67. The lowest BCUT2D eigenvalue weighted by Gasteiger charge is -2.30. The van der Waals surface area contributed by atoms with Crippen molar-refractivity contribution in [1.29, 1.82) is 0 Å². The van der Waals surface area contributed by atoms with Gasteiger partial charge in [0.2, 0.25) is 11.8 Å². The van der Waals surface area contributed by atoms with E-state index in [4.69, 9.17) is 14.0 Å². The maximum Gasteiger partial charge on any atom is 0.247 e. The Labute approximate surface area is 147 Å². The van der Waals surface area contributed by atoms with Crippen molar-refractivity contribution in [3.8, 4) is 0 Å². The van der Waals surface area contributed by atoms with Gasteiger partial charge in [0.15, 0.2) is 9.84 Å². The largest absolute Gasteiger partial charge is 0.381 e. The van der Waals surface area contributed by atoms with Gasteiger partial charge in [-0.1, -0.05) is 5.16 Å². The maximum absolute atomic E-state index is 12.9. The van der Waals surface area contributed by atoms with Gasteiger partial charge in [0.1, 0.15) is 16.5 Å². The van der Waals surface area contributed by atoms with Gasteiger partial charge in [0, 0.05) is 25.9 Å². The van der Waals surface area contributed by atoms with Gasteiger partial charge >= 0.3 is 0 Å². The summed E-state index contributed by atoms with van der Waals surface area (Å²) in [5, 5.41) is 5.87. The van der Waals surface area contributed by atoms with Crippen LogP contribution in [0.5, 0.6) is 0 Å². The molecule has 3 rings (SSSR count). The molecule has 2 fully saturated rings. The summed E-state index contributed by atoms with van der Waals surface area (Å²) < 4.78 is 40.0. The van der Waals surface area contributed by atoms with Crippen LogP contribution in [-0.2, 0) is 24.1 Å². The average Bonchev–Trinajstić information content (AvgIpc) is 3.26. The number of sulfone groups is 1. The number of anilines is 1. The number of ether oxygens (including phenoxy) is 2. The first-order valence-electron chi connectivity index (χ1n) is 8.53. The number of carbonyl (C=O) groups is 1. The van der Waals surface area contributed by atoms with Crippen molar-refractivity contribution < 1.29 is 27.2 Å². The van der Waals surface area contributed by atoms with Crippen LogP contribution in [-0.4, -0.2) is 49.3 Å². The molecular weight excluding hydrogens is 348 g/mol. The van der Waals surface area contributed by atoms with E-state index in [-0.39, 0.29) is 12.0 Å². The molecule has 1 aromatic heterocycles. The molecule has 2 saturated heterocycles. The fourth-order valence-corrected chi connectivity index (χ4v) is 5.06. The highest BCUT2D eigenvalue weighted by Crippen LogP contribution is 2.31. The van der Waals surface area contributed by atoms with Crippen LogP contribution in [0, 0.1) is 0 Å². The number of nitrogens with one attached hydrogen (secondary N) is 1. The zero-order valence-electron chi connectivity index (χ0n) is 14.5. The van der Waals surface area contributed by atoms with Crippen LogP contribution >= 0.6 is 0 Å². The van der Waals surface area contributed by atoms with Crippen LogP contribution < -0.4 is 5.32 Å². The first kappa shape index (κ1) is 18.3. The molecule has 1 atom stereocenters. The van der Waals surface area contributed by atoms with Crippen molar-refractivity contribution in [2.75, 3.05) is 25.1 Å². The highest BCUT2D eigenvalue weighted by Gasteiger charge is 2.46. The lowest BCUT2D eigenvalue weighted by Crippen LogP contribution is -2.50. The van der Waals surface area contributed by atoms with E-state index < -0.39 is 25.7 Å². The average molecular weight is 372 g/mol. The normalized spacial score (nSPS) is 22.9. The van der Waals surface area contributed by atoms with Crippen molar-refractivity contribution in [3.63, 3.8) is 0 Å². The minimum Gasteiger partial charge on any atom is -0.381 e. The minimum atomic E-state index is -3.67. The summed E-state index contributed by atoms with van der Waals surface area (Å²) in [6.45, 7) is 4.31. The molecule has 1 aromatic rings. The van der Waals surface area contributed by atoms with Gasteiger partial charge in [-0.15, -0.1) is 0 Å². The molecule has 25 heavy (non-hydrogen) atoms. The molecule has 0 spiro atoms. The smallest absolute Gasteiger partial charge is 0.247 e. The zero-order chi connectivity index (χ0) is 18.1. The Balaban J connectivity index is 1.70. The quantitative estimate of drug-likeness (QED) is 0.840. The SMILES string of the molecule is CC(C)(C(=O)Nc1cc([C@@H]2CCCO2)no1)S(=O)(=O)C1CCOCC1. The Hall–Kier alpha value is -1.45. The minimum absolute atomic E-state index is 0.130. The van der Waals surface area contributed by atoms with E-state index in [1.807, 2.05) is 0 Å². The van der Waals surface area contributed by atoms with Gasteiger partial charge in [-0.2, -0.15) is 0 Å². The summed E-state index contributed by atoms with van der Waals surface area (Å²) in [6.07, 6.45) is 2.49. The predicted molar refractivity (Wildman–Crippen MR) is 89.9 cm³/mol. The molecule has 2 aliphatic rings. The van der Waals surface area contributed by atoms with Crippen molar-refractivity contribution in [1.82, 2.24) is 5.16 Å². The van der Waals surface area contributed by atoms with Crippen LogP contribution in [0.15, 0.2) is 10.6 Å². The van der Waals surface area contributed by atoms with Crippen molar-refractivity contribution in [2.24, 2.45) is 0 Å². The molecule has 1 N–H and O–H groups in total. The van der Waals surface area contributed by atoms with Crippen molar-refractivity contribution in [2.45, 2.75) is 55.6 Å². The molecule has 0 saturated carbocycles. The number of hydrogen-bond acceptors (Lipinski definition) is 7. The first-order valence-corrected chi connectivity index (χ1v) is 10.1. The zero-order valence-corrected chi connectivity index (χ0v) is 15.3. The third kappa shape index (κ3) is 3.58. The molecule has 8 nitrogen and oxygen atoms in total. The van der Waals surface area contributed by atoms with Gasteiger partial charge in [-0.05, 0) is 39.5 Å². The topological polar surface area (TPSA) is 108 Å². The second kappa shape index (κ2) is 7.05. The van der Waals surface area contributed by atoms with Crippen molar-refractivity contribution >= 4 is 21.6 Å². The van der Waals surface area contributed by atoms with E-state index in [1.165, 1.54) is 13.8 Å². The van der Waals surface area contributed by atoms with Crippen molar-refractivity contribution in [3.05, 3.63) is 11.8 Å². The molecule has 1 amide bonds. The summed E-state index contributed by atoms with van der Waals surface area (Å²) in [6, 6.07) is 1.59. The second-order valence-corrected chi connectivity index (χ2v) is 9.72. The maximum atomic E-state index is 12.9. The lowest BCUT2D eigenvalue weighted by atomic mass is 10.2. The molecule has 9 heteroatoms. The fourth-order valence-electron chi connectivity index (χ4n) is 3.10. The number of rotatable bonds is 5. The molecule has 0 bridgehead atoms. The van der Waals surface area contributed by atoms with E-state index in [9.17, 15) is 13.2 Å². The number of amides is 1. The van der Waals surface area contributed by atoms with Crippen LogP contribution in [0.2, 0.25) is 0 Å². The van der Waals surface area contributed by atoms with E-state index >= 15 is 0 Å². The number of hydrogen-bond donors (Lipinski definition) is 1. The third-order valence-electron chi connectivity index (χ3n) is 4.89. The molecule has 0 aromatic carbocycles. The molecule has 3 heterocycles. The number of nitrogens with zero attached hydrogens (tertiary/aromatic N) is 1. The van der Waals surface area contributed by atoms with E-state index in [0.717, 1.165) is 12.8 Å². The van der Waals surface area contributed by atoms with Gasteiger partial charge in [0.05, 0.1) is 5.25 Å². The molecule has 0 aliphatic carbocycles. The highest BCUT2D eigenvalue weighted by atomic mass is 32.2. The number of aromatic nitrogens is 1.